The largest absolute Gasteiger partial charge is 0.374 e. The zero-order valence-corrected chi connectivity index (χ0v) is 15.7. The SMILES string of the molecule is CC(Nc1ccc(NS(C)(=O)=O)cc1)C(=O)N(C)Cc1cccc(F)c1. The van der Waals surface area contributed by atoms with Gasteiger partial charge < -0.3 is 10.2 Å². The van der Waals surface area contributed by atoms with E-state index in [1.165, 1.54) is 17.0 Å². The molecule has 1 unspecified atom stereocenters. The van der Waals surface area contributed by atoms with Gasteiger partial charge in [0.2, 0.25) is 15.9 Å². The summed E-state index contributed by atoms with van der Waals surface area (Å²) in [6.07, 6.45) is 1.08. The van der Waals surface area contributed by atoms with Crippen molar-refractivity contribution in [3.63, 3.8) is 0 Å². The van der Waals surface area contributed by atoms with Crippen molar-refractivity contribution in [1.82, 2.24) is 4.90 Å². The summed E-state index contributed by atoms with van der Waals surface area (Å²) in [6, 6.07) is 12.2. The second-order valence-electron chi connectivity index (χ2n) is 6.14. The first-order valence-electron chi connectivity index (χ1n) is 7.98. The Bertz CT molecular complexity index is 870. The minimum Gasteiger partial charge on any atom is -0.374 e. The first-order valence-corrected chi connectivity index (χ1v) is 9.87. The first kappa shape index (κ1) is 19.7. The van der Waals surface area contributed by atoms with Crippen LogP contribution in [0.1, 0.15) is 12.5 Å². The number of likely N-dealkylation sites (N-methyl/N-ethyl adjacent to an activating group) is 1. The van der Waals surface area contributed by atoms with Gasteiger partial charge in [0.15, 0.2) is 0 Å². The highest BCUT2D eigenvalue weighted by molar-refractivity contribution is 7.92. The van der Waals surface area contributed by atoms with Crippen molar-refractivity contribution < 1.29 is 17.6 Å². The number of carbonyl (C=O) groups is 1. The van der Waals surface area contributed by atoms with Crippen LogP contribution in [0.5, 0.6) is 0 Å². The second-order valence-corrected chi connectivity index (χ2v) is 7.89. The van der Waals surface area contributed by atoms with Gasteiger partial charge in [0.05, 0.1) is 6.26 Å². The van der Waals surface area contributed by atoms with E-state index in [-0.39, 0.29) is 11.7 Å². The summed E-state index contributed by atoms with van der Waals surface area (Å²) in [6.45, 7) is 2.03. The lowest BCUT2D eigenvalue weighted by molar-refractivity contribution is -0.130. The molecule has 0 radical (unpaired) electrons. The lowest BCUT2D eigenvalue weighted by atomic mass is 10.2. The van der Waals surface area contributed by atoms with Crippen LogP contribution >= 0.6 is 0 Å². The van der Waals surface area contributed by atoms with Crippen LogP contribution in [0.4, 0.5) is 15.8 Å². The van der Waals surface area contributed by atoms with E-state index in [0.717, 1.165) is 6.26 Å². The quantitative estimate of drug-likeness (QED) is 0.775. The molecule has 0 saturated carbocycles. The average molecular weight is 379 g/mol. The highest BCUT2D eigenvalue weighted by Gasteiger charge is 2.17. The van der Waals surface area contributed by atoms with E-state index < -0.39 is 16.1 Å². The Kier molecular flexibility index (Phi) is 6.20. The lowest BCUT2D eigenvalue weighted by Crippen LogP contribution is -2.38. The molecule has 0 saturated heterocycles. The fraction of sp³-hybridized carbons (Fsp3) is 0.278. The number of amides is 1. The fourth-order valence-electron chi connectivity index (χ4n) is 2.48. The maximum absolute atomic E-state index is 13.2. The number of nitrogens with one attached hydrogen (secondary N) is 2. The molecule has 26 heavy (non-hydrogen) atoms. The van der Waals surface area contributed by atoms with Crippen molar-refractivity contribution in [1.29, 1.82) is 0 Å². The third-order valence-electron chi connectivity index (χ3n) is 3.63. The molecule has 0 fully saturated rings. The van der Waals surface area contributed by atoms with Gasteiger partial charge in [-0.15, -0.1) is 0 Å². The van der Waals surface area contributed by atoms with E-state index in [4.69, 9.17) is 0 Å². The van der Waals surface area contributed by atoms with Gasteiger partial charge in [0.1, 0.15) is 11.9 Å². The highest BCUT2D eigenvalue weighted by atomic mass is 32.2. The molecule has 0 aromatic heterocycles. The Morgan fingerprint density at radius 3 is 2.35 bits per heavy atom. The van der Waals surface area contributed by atoms with E-state index in [1.807, 2.05) is 0 Å². The lowest BCUT2D eigenvalue weighted by Gasteiger charge is -2.23. The minimum absolute atomic E-state index is 0.146. The molecular weight excluding hydrogens is 357 g/mol. The van der Waals surface area contributed by atoms with Crippen LogP contribution in [-0.2, 0) is 21.4 Å². The number of anilines is 2. The predicted molar refractivity (Wildman–Crippen MR) is 101 cm³/mol. The smallest absolute Gasteiger partial charge is 0.244 e. The van der Waals surface area contributed by atoms with Gasteiger partial charge in [0.25, 0.3) is 0 Å². The Morgan fingerprint density at radius 2 is 1.77 bits per heavy atom. The first-order chi connectivity index (χ1) is 12.1. The van der Waals surface area contributed by atoms with E-state index in [9.17, 15) is 17.6 Å². The summed E-state index contributed by atoms with van der Waals surface area (Å²) in [5.74, 6) is -0.482. The maximum Gasteiger partial charge on any atom is 0.244 e. The van der Waals surface area contributed by atoms with Crippen molar-refractivity contribution in [2.75, 3.05) is 23.3 Å². The number of carbonyl (C=O) groups excluding carboxylic acids is 1. The second kappa shape index (κ2) is 8.18. The Hall–Kier alpha value is -2.61. The molecule has 0 bridgehead atoms. The molecule has 0 heterocycles. The summed E-state index contributed by atoms with van der Waals surface area (Å²) in [5.41, 5.74) is 1.84. The summed E-state index contributed by atoms with van der Waals surface area (Å²) < 4.78 is 38.0. The van der Waals surface area contributed by atoms with Gasteiger partial charge >= 0.3 is 0 Å². The van der Waals surface area contributed by atoms with Crippen LogP contribution < -0.4 is 10.0 Å². The number of hydrogen-bond acceptors (Lipinski definition) is 4. The number of halogens is 1. The molecular formula is C18H22FN3O3S. The topological polar surface area (TPSA) is 78.5 Å². The van der Waals surface area contributed by atoms with Gasteiger partial charge in [-0.05, 0) is 48.9 Å². The van der Waals surface area contributed by atoms with Gasteiger partial charge in [-0.25, -0.2) is 12.8 Å². The monoisotopic (exact) mass is 379 g/mol. The van der Waals surface area contributed by atoms with Crippen LogP contribution in [-0.4, -0.2) is 38.6 Å². The van der Waals surface area contributed by atoms with Gasteiger partial charge in [-0.2, -0.15) is 0 Å². The number of benzene rings is 2. The summed E-state index contributed by atoms with van der Waals surface area (Å²) in [4.78, 5) is 14.0. The maximum atomic E-state index is 13.2. The normalized spacial score (nSPS) is 12.3. The van der Waals surface area contributed by atoms with Gasteiger partial charge in [-0.3, -0.25) is 9.52 Å². The van der Waals surface area contributed by atoms with Crippen LogP contribution in [0.3, 0.4) is 0 Å². The molecule has 0 aliphatic rings. The molecule has 0 spiro atoms. The molecule has 2 aromatic rings. The fourth-order valence-corrected chi connectivity index (χ4v) is 3.04. The number of hydrogen-bond donors (Lipinski definition) is 2. The molecule has 0 aliphatic heterocycles. The Labute approximate surface area is 153 Å². The van der Waals surface area contributed by atoms with Crippen molar-refractivity contribution in [3.8, 4) is 0 Å². The molecule has 140 valence electrons. The average Bonchev–Trinajstić information content (AvgIpc) is 2.54. The minimum atomic E-state index is -3.33. The van der Waals surface area contributed by atoms with Gasteiger partial charge in [0, 0.05) is 25.0 Å². The summed E-state index contributed by atoms with van der Waals surface area (Å²) in [5, 5.41) is 3.07. The predicted octanol–water partition coefficient (Wildman–Crippen LogP) is 2.66. The van der Waals surface area contributed by atoms with Gasteiger partial charge in [-0.1, -0.05) is 12.1 Å². The Morgan fingerprint density at radius 1 is 1.15 bits per heavy atom. The molecule has 8 heteroatoms. The van der Waals surface area contributed by atoms with Crippen molar-refractivity contribution in [3.05, 3.63) is 59.9 Å². The van der Waals surface area contributed by atoms with Crippen LogP contribution in [0, 0.1) is 5.82 Å². The third kappa shape index (κ3) is 6.03. The molecule has 2 aromatic carbocycles. The standard InChI is InChI=1S/C18H22FN3O3S/c1-13(18(23)22(2)12-14-5-4-6-15(19)11-14)20-16-7-9-17(10-8-16)21-26(3,24)25/h4-11,13,20-21H,12H2,1-3H3. The molecule has 0 aliphatic carbocycles. The number of sulfonamides is 1. The molecule has 1 amide bonds. The van der Waals surface area contributed by atoms with E-state index in [0.29, 0.717) is 23.5 Å². The number of nitrogens with zero attached hydrogens (tertiary/aromatic N) is 1. The van der Waals surface area contributed by atoms with E-state index in [2.05, 4.69) is 10.0 Å². The zero-order valence-electron chi connectivity index (χ0n) is 14.9. The van der Waals surface area contributed by atoms with Crippen LogP contribution in [0.2, 0.25) is 0 Å². The van der Waals surface area contributed by atoms with E-state index >= 15 is 0 Å². The Balaban J connectivity index is 1.95. The van der Waals surface area contributed by atoms with Crippen LogP contribution in [0.15, 0.2) is 48.5 Å². The molecule has 1 atom stereocenters. The molecule has 2 rings (SSSR count). The van der Waals surface area contributed by atoms with Crippen molar-refractivity contribution >= 4 is 27.3 Å². The van der Waals surface area contributed by atoms with Crippen molar-refractivity contribution in [2.45, 2.75) is 19.5 Å². The third-order valence-corrected chi connectivity index (χ3v) is 4.23. The zero-order chi connectivity index (χ0) is 19.3. The van der Waals surface area contributed by atoms with Crippen molar-refractivity contribution in [2.24, 2.45) is 0 Å². The summed E-state index contributed by atoms with van der Waals surface area (Å²) in [7, 11) is -1.67. The molecule has 6 nitrogen and oxygen atoms in total. The summed E-state index contributed by atoms with van der Waals surface area (Å²) >= 11 is 0. The number of rotatable bonds is 7. The van der Waals surface area contributed by atoms with Crippen LogP contribution in [0.25, 0.3) is 0 Å². The highest BCUT2D eigenvalue weighted by Crippen LogP contribution is 2.16. The van der Waals surface area contributed by atoms with E-state index in [1.54, 1.807) is 50.4 Å². The molecule has 2 N–H and O–H groups in total.